The van der Waals surface area contributed by atoms with E-state index in [9.17, 15) is 0 Å². The molecule has 0 aromatic heterocycles. The molecule has 0 saturated heterocycles. The monoisotopic (exact) mass is 188 g/mol. The van der Waals surface area contributed by atoms with Gasteiger partial charge < -0.3 is 9.88 Å². The van der Waals surface area contributed by atoms with Crippen LogP contribution in [0.5, 0.6) is 0 Å². The van der Waals surface area contributed by atoms with Crippen LogP contribution in [0.2, 0.25) is 0 Å². The van der Waals surface area contributed by atoms with Crippen LogP contribution in [-0.4, -0.2) is 21.1 Å². The lowest BCUT2D eigenvalue weighted by atomic mass is 10.2. The maximum absolute atomic E-state index is 4.48. The molecule has 0 saturated carbocycles. The number of fused-ring (bicyclic) bond motifs is 3. The highest BCUT2D eigenvalue weighted by atomic mass is 15.2. The molecule has 72 valence electrons. The third kappa shape index (κ3) is 0.828. The standard InChI is InChI=1S/C10H12N4/c1-6-5-12-9-8(6)10-11-3-4-14(10)7(2)13-9/h5,11H,3-4H2,1-2H3. The van der Waals surface area contributed by atoms with Gasteiger partial charge in [-0.05, 0) is 19.4 Å². The summed E-state index contributed by atoms with van der Waals surface area (Å²) in [6.07, 6.45) is 1.89. The zero-order valence-electron chi connectivity index (χ0n) is 8.33. The van der Waals surface area contributed by atoms with Crippen molar-refractivity contribution < 1.29 is 0 Å². The fourth-order valence-electron chi connectivity index (χ4n) is 2.09. The van der Waals surface area contributed by atoms with Crippen molar-refractivity contribution in [3.8, 4) is 11.4 Å². The molecule has 0 aromatic rings. The van der Waals surface area contributed by atoms with Gasteiger partial charge in [0.05, 0.1) is 5.56 Å². The van der Waals surface area contributed by atoms with E-state index in [0.717, 1.165) is 24.7 Å². The van der Waals surface area contributed by atoms with Gasteiger partial charge in [0.1, 0.15) is 11.6 Å². The molecule has 0 aromatic carbocycles. The van der Waals surface area contributed by atoms with Crippen molar-refractivity contribution in [1.29, 1.82) is 0 Å². The topological polar surface area (TPSA) is 42.7 Å². The van der Waals surface area contributed by atoms with Crippen LogP contribution in [0, 0.1) is 13.8 Å². The maximum atomic E-state index is 4.48. The number of anilines is 1. The Balaban J connectivity index is 2.42. The van der Waals surface area contributed by atoms with E-state index in [-0.39, 0.29) is 0 Å². The fourth-order valence-corrected chi connectivity index (χ4v) is 2.09. The van der Waals surface area contributed by atoms with Gasteiger partial charge in [0, 0.05) is 19.3 Å². The summed E-state index contributed by atoms with van der Waals surface area (Å²) < 4.78 is 2.22. The second-order valence-corrected chi connectivity index (χ2v) is 3.73. The lowest BCUT2D eigenvalue weighted by Gasteiger charge is -2.11. The van der Waals surface area contributed by atoms with E-state index in [1.165, 1.54) is 16.9 Å². The summed E-state index contributed by atoms with van der Waals surface area (Å²) in [6, 6.07) is 0. The molecule has 4 heteroatoms. The van der Waals surface area contributed by atoms with Gasteiger partial charge in [-0.1, -0.05) is 0 Å². The highest BCUT2D eigenvalue weighted by Gasteiger charge is 2.22. The van der Waals surface area contributed by atoms with Gasteiger partial charge >= 0.3 is 0 Å². The molecule has 14 heavy (non-hydrogen) atoms. The molecule has 3 aliphatic rings. The molecular formula is C10H12N4. The van der Waals surface area contributed by atoms with Crippen LogP contribution < -0.4 is 5.32 Å². The number of aryl methyl sites for hydroxylation is 2. The number of aromatic nitrogens is 3. The highest BCUT2D eigenvalue weighted by molar-refractivity contribution is 5.76. The first-order chi connectivity index (χ1) is 6.77. The second-order valence-electron chi connectivity index (χ2n) is 3.73. The minimum Gasteiger partial charge on any atom is -0.369 e. The molecule has 0 aliphatic carbocycles. The summed E-state index contributed by atoms with van der Waals surface area (Å²) in [7, 11) is 0. The molecule has 0 fully saturated rings. The Hall–Kier alpha value is -1.58. The first-order valence-electron chi connectivity index (χ1n) is 4.83. The molecule has 0 atom stereocenters. The van der Waals surface area contributed by atoms with E-state index in [1.807, 2.05) is 13.1 Å². The third-order valence-electron chi connectivity index (χ3n) is 2.79. The lowest BCUT2D eigenvalue weighted by Crippen LogP contribution is -2.05. The Kier molecular flexibility index (Phi) is 1.37. The third-order valence-corrected chi connectivity index (χ3v) is 2.79. The molecule has 3 rings (SSSR count). The average molecular weight is 188 g/mol. The van der Waals surface area contributed by atoms with Gasteiger partial charge in [0.15, 0.2) is 5.82 Å². The smallest absolute Gasteiger partial charge is 0.165 e. The maximum Gasteiger partial charge on any atom is 0.165 e. The second kappa shape index (κ2) is 2.47. The molecule has 0 radical (unpaired) electrons. The fraction of sp³-hybridized carbons (Fsp3) is 0.400. The summed E-state index contributed by atoms with van der Waals surface area (Å²) in [5.41, 5.74) is 2.37. The van der Waals surface area contributed by atoms with Gasteiger partial charge in [0.25, 0.3) is 0 Å². The number of nitrogens with zero attached hydrogens (tertiary/aromatic N) is 3. The Morgan fingerprint density at radius 3 is 3.14 bits per heavy atom. The van der Waals surface area contributed by atoms with E-state index in [2.05, 4.69) is 26.8 Å². The zero-order chi connectivity index (χ0) is 9.71. The number of hydrogen-bond acceptors (Lipinski definition) is 3. The molecule has 0 bridgehead atoms. The Labute approximate surface area is 82.3 Å². The normalized spacial score (nSPS) is 14.4. The zero-order valence-corrected chi connectivity index (χ0v) is 8.33. The molecule has 0 spiro atoms. The van der Waals surface area contributed by atoms with E-state index < -0.39 is 0 Å². The summed E-state index contributed by atoms with van der Waals surface area (Å²) in [5, 5.41) is 3.39. The van der Waals surface area contributed by atoms with Crippen LogP contribution in [0.1, 0.15) is 11.4 Å². The minimum atomic E-state index is 0.862. The molecule has 1 N–H and O–H groups in total. The largest absolute Gasteiger partial charge is 0.369 e. The SMILES string of the molecule is Cc1cnc2nc(C)n3c(c1-2)NCC3. The predicted octanol–water partition coefficient (Wildman–Crippen LogP) is 1.43. The van der Waals surface area contributed by atoms with Crippen LogP contribution >= 0.6 is 0 Å². The van der Waals surface area contributed by atoms with Crippen LogP contribution in [0.4, 0.5) is 5.82 Å². The van der Waals surface area contributed by atoms with Crippen molar-refractivity contribution in [2.24, 2.45) is 0 Å². The van der Waals surface area contributed by atoms with Gasteiger partial charge in [-0.25, -0.2) is 9.97 Å². The van der Waals surface area contributed by atoms with Crippen molar-refractivity contribution in [2.75, 3.05) is 11.9 Å². The molecule has 3 heterocycles. The van der Waals surface area contributed by atoms with E-state index >= 15 is 0 Å². The van der Waals surface area contributed by atoms with Crippen LogP contribution in [0.3, 0.4) is 0 Å². The first kappa shape index (κ1) is 7.79. The van der Waals surface area contributed by atoms with Crippen LogP contribution in [-0.2, 0) is 6.54 Å². The van der Waals surface area contributed by atoms with Gasteiger partial charge in [0.2, 0.25) is 0 Å². The van der Waals surface area contributed by atoms with Gasteiger partial charge in [-0.3, -0.25) is 0 Å². The summed E-state index contributed by atoms with van der Waals surface area (Å²) in [6.45, 7) is 6.11. The number of nitrogens with one attached hydrogen (secondary N) is 1. The molecule has 0 amide bonds. The highest BCUT2D eigenvalue weighted by Crippen LogP contribution is 2.33. The number of rotatable bonds is 0. The first-order valence-corrected chi connectivity index (χ1v) is 4.83. The van der Waals surface area contributed by atoms with Gasteiger partial charge in [-0.2, -0.15) is 0 Å². The summed E-state index contributed by atoms with van der Waals surface area (Å²) in [5.74, 6) is 3.08. The van der Waals surface area contributed by atoms with Crippen molar-refractivity contribution in [3.05, 3.63) is 17.6 Å². The molecule has 0 unspecified atom stereocenters. The molecule has 3 aliphatic heterocycles. The van der Waals surface area contributed by atoms with Crippen molar-refractivity contribution >= 4 is 5.82 Å². The lowest BCUT2D eigenvalue weighted by molar-refractivity contribution is 0.742. The van der Waals surface area contributed by atoms with Gasteiger partial charge in [-0.15, -0.1) is 0 Å². The van der Waals surface area contributed by atoms with Crippen LogP contribution in [0.25, 0.3) is 11.4 Å². The molecule has 4 nitrogen and oxygen atoms in total. The predicted molar refractivity (Wildman–Crippen MR) is 54.6 cm³/mol. The van der Waals surface area contributed by atoms with Crippen molar-refractivity contribution in [1.82, 2.24) is 14.5 Å². The van der Waals surface area contributed by atoms with E-state index in [0.29, 0.717) is 0 Å². The molecular weight excluding hydrogens is 176 g/mol. The Morgan fingerprint density at radius 1 is 1.43 bits per heavy atom. The van der Waals surface area contributed by atoms with E-state index in [1.54, 1.807) is 0 Å². The summed E-state index contributed by atoms with van der Waals surface area (Å²) in [4.78, 5) is 8.77. The average Bonchev–Trinajstić information content (AvgIpc) is 2.72. The van der Waals surface area contributed by atoms with Crippen LogP contribution in [0.15, 0.2) is 6.20 Å². The Bertz CT molecular complexity index is 472. The number of hydrogen-bond donors (Lipinski definition) is 1. The summed E-state index contributed by atoms with van der Waals surface area (Å²) >= 11 is 0. The minimum absolute atomic E-state index is 0.862. The van der Waals surface area contributed by atoms with Crippen molar-refractivity contribution in [2.45, 2.75) is 20.4 Å². The van der Waals surface area contributed by atoms with Crippen molar-refractivity contribution in [3.63, 3.8) is 0 Å². The quantitative estimate of drug-likeness (QED) is 0.680. The Morgan fingerprint density at radius 2 is 2.29 bits per heavy atom. The van der Waals surface area contributed by atoms with E-state index in [4.69, 9.17) is 0 Å².